The Morgan fingerprint density at radius 1 is 1.30 bits per heavy atom. The predicted octanol–water partition coefficient (Wildman–Crippen LogP) is 2.07. The summed E-state index contributed by atoms with van der Waals surface area (Å²) < 4.78 is 5.71. The van der Waals surface area contributed by atoms with Crippen LogP contribution in [0.15, 0.2) is 0 Å². The summed E-state index contributed by atoms with van der Waals surface area (Å²) in [5.41, 5.74) is 5.76. The maximum absolute atomic E-state index is 12.4. The van der Waals surface area contributed by atoms with Gasteiger partial charge in [-0.15, -0.1) is 0 Å². The smallest absolute Gasteiger partial charge is 0.223 e. The van der Waals surface area contributed by atoms with Crippen molar-refractivity contribution in [1.29, 1.82) is 0 Å². The summed E-state index contributed by atoms with van der Waals surface area (Å²) in [7, 11) is 0. The first-order valence-corrected chi connectivity index (χ1v) is 8.11. The average Bonchev–Trinajstić information content (AvgIpc) is 2.46. The molecule has 0 aromatic heterocycles. The van der Waals surface area contributed by atoms with Gasteiger partial charge in [0.1, 0.15) is 0 Å². The van der Waals surface area contributed by atoms with Gasteiger partial charge in [0.2, 0.25) is 5.91 Å². The molecule has 2 aliphatic rings. The van der Waals surface area contributed by atoms with Gasteiger partial charge in [-0.3, -0.25) is 4.79 Å². The van der Waals surface area contributed by atoms with Crippen LogP contribution >= 0.6 is 0 Å². The number of amides is 1. The van der Waals surface area contributed by atoms with Crippen molar-refractivity contribution in [1.82, 2.24) is 5.32 Å². The molecular formula is C16H30N2O2. The fourth-order valence-corrected chi connectivity index (χ4v) is 3.56. The molecule has 0 heterocycles. The zero-order valence-corrected chi connectivity index (χ0v) is 13.2. The van der Waals surface area contributed by atoms with Crippen LogP contribution in [-0.2, 0) is 9.53 Å². The lowest BCUT2D eigenvalue weighted by atomic mass is 9.64. The standard InChI is InChI=1S/C16H30N2O2/c1-4-20-14-9-13(16(14,2)3)18-15(19)12-7-5-11(10-17)6-8-12/h11-14H,4-10,17H2,1-3H3,(H,18,19). The third kappa shape index (κ3) is 3.17. The number of ether oxygens (including phenoxy) is 1. The number of hydrogen-bond acceptors (Lipinski definition) is 3. The molecule has 0 aromatic rings. The van der Waals surface area contributed by atoms with E-state index in [0.717, 1.165) is 45.3 Å². The largest absolute Gasteiger partial charge is 0.378 e. The molecule has 2 rings (SSSR count). The van der Waals surface area contributed by atoms with Gasteiger partial charge in [-0.1, -0.05) is 13.8 Å². The molecule has 0 aliphatic heterocycles. The zero-order valence-electron chi connectivity index (χ0n) is 13.2. The predicted molar refractivity (Wildman–Crippen MR) is 80.2 cm³/mol. The molecule has 20 heavy (non-hydrogen) atoms. The Kier molecular flexibility index (Phi) is 5.08. The Balaban J connectivity index is 1.79. The van der Waals surface area contributed by atoms with Crippen molar-refractivity contribution in [2.24, 2.45) is 23.0 Å². The van der Waals surface area contributed by atoms with Crippen LogP contribution < -0.4 is 11.1 Å². The summed E-state index contributed by atoms with van der Waals surface area (Å²) in [5.74, 6) is 1.06. The number of carbonyl (C=O) groups excluding carboxylic acids is 1. The van der Waals surface area contributed by atoms with E-state index < -0.39 is 0 Å². The molecular weight excluding hydrogens is 252 g/mol. The van der Waals surface area contributed by atoms with Crippen LogP contribution in [0.25, 0.3) is 0 Å². The third-order valence-electron chi connectivity index (χ3n) is 5.41. The Hall–Kier alpha value is -0.610. The minimum absolute atomic E-state index is 0.0557. The van der Waals surface area contributed by atoms with Gasteiger partial charge in [-0.25, -0.2) is 0 Å². The van der Waals surface area contributed by atoms with Gasteiger partial charge in [-0.2, -0.15) is 0 Å². The highest BCUT2D eigenvalue weighted by atomic mass is 16.5. The van der Waals surface area contributed by atoms with E-state index in [4.69, 9.17) is 10.5 Å². The number of nitrogens with two attached hydrogens (primary N) is 1. The molecule has 2 atom stereocenters. The Labute approximate surface area is 122 Å². The number of carbonyl (C=O) groups is 1. The number of nitrogens with one attached hydrogen (secondary N) is 1. The van der Waals surface area contributed by atoms with Gasteiger partial charge >= 0.3 is 0 Å². The van der Waals surface area contributed by atoms with Gasteiger partial charge in [0.05, 0.1) is 6.10 Å². The molecule has 4 nitrogen and oxygen atoms in total. The van der Waals surface area contributed by atoms with E-state index in [1.807, 2.05) is 6.92 Å². The number of hydrogen-bond donors (Lipinski definition) is 2. The van der Waals surface area contributed by atoms with Crippen molar-refractivity contribution >= 4 is 5.91 Å². The van der Waals surface area contributed by atoms with Crippen LogP contribution in [-0.4, -0.2) is 31.2 Å². The second kappa shape index (κ2) is 6.44. The second-order valence-corrected chi connectivity index (χ2v) is 7.02. The normalized spacial score (nSPS) is 36.2. The van der Waals surface area contributed by atoms with E-state index in [2.05, 4.69) is 19.2 Å². The molecule has 0 spiro atoms. The quantitative estimate of drug-likeness (QED) is 0.811. The molecule has 0 bridgehead atoms. The summed E-state index contributed by atoms with van der Waals surface area (Å²) >= 11 is 0. The summed E-state index contributed by atoms with van der Waals surface area (Å²) in [6.45, 7) is 7.91. The lowest BCUT2D eigenvalue weighted by Gasteiger charge is -2.52. The van der Waals surface area contributed by atoms with E-state index in [1.54, 1.807) is 0 Å². The van der Waals surface area contributed by atoms with E-state index in [1.165, 1.54) is 0 Å². The van der Waals surface area contributed by atoms with Gasteiger partial charge in [0, 0.05) is 24.0 Å². The van der Waals surface area contributed by atoms with Gasteiger partial charge in [0.15, 0.2) is 0 Å². The molecule has 4 heteroatoms. The Morgan fingerprint density at radius 3 is 2.45 bits per heavy atom. The average molecular weight is 282 g/mol. The van der Waals surface area contributed by atoms with Gasteiger partial charge in [-0.05, 0) is 51.5 Å². The van der Waals surface area contributed by atoms with E-state index in [9.17, 15) is 4.79 Å². The highest BCUT2D eigenvalue weighted by Gasteiger charge is 2.49. The van der Waals surface area contributed by atoms with E-state index >= 15 is 0 Å². The monoisotopic (exact) mass is 282 g/mol. The molecule has 2 saturated carbocycles. The van der Waals surface area contributed by atoms with E-state index in [0.29, 0.717) is 5.92 Å². The molecule has 1 amide bonds. The zero-order chi connectivity index (χ0) is 14.8. The van der Waals surface area contributed by atoms with Crippen molar-refractivity contribution in [2.75, 3.05) is 13.2 Å². The van der Waals surface area contributed by atoms with E-state index in [-0.39, 0.29) is 29.4 Å². The SMILES string of the molecule is CCOC1CC(NC(=O)C2CCC(CN)CC2)C1(C)C. The van der Waals surface area contributed by atoms with Crippen LogP contribution in [0.5, 0.6) is 0 Å². The van der Waals surface area contributed by atoms with Gasteiger partial charge in [0.25, 0.3) is 0 Å². The molecule has 2 fully saturated rings. The van der Waals surface area contributed by atoms with Crippen molar-refractivity contribution < 1.29 is 9.53 Å². The molecule has 0 radical (unpaired) electrons. The molecule has 116 valence electrons. The molecule has 2 aliphatic carbocycles. The maximum atomic E-state index is 12.4. The fourth-order valence-electron chi connectivity index (χ4n) is 3.56. The highest BCUT2D eigenvalue weighted by Crippen LogP contribution is 2.43. The first-order chi connectivity index (χ1) is 9.48. The third-order valence-corrected chi connectivity index (χ3v) is 5.41. The highest BCUT2D eigenvalue weighted by molar-refractivity contribution is 5.79. The van der Waals surface area contributed by atoms with Gasteiger partial charge < -0.3 is 15.8 Å². The van der Waals surface area contributed by atoms with Crippen molar-refractivity contribution in [3.63, 3.8) is 0 Å². The fraction of sp³-hybridized carbons (Fsp3) is 0.938. The van der Waals surface area contributed by atoms with Crippen LogP contribution in [0, 0.1) is 17.3 Å². The molecule has 0 aromatic carbocycles. The summed E-state index contributed by atoms with van der Waals surface area (Å²) in [5, 5.41) is 3.25. The first kappa shape index (κ1) is 15.8. The Morgan fingerprint density at radius 2 is 1.95 bits per heavy atom. The maximum Gasteiger partial charge on any atom is 0.223 e. The van der Waals surface area contributed by atoms with Crippen molar-refractivity contribution in [2.45, 2.75) is 65.0 Å². The minimum atomic E-state index is 0.0557. The summed E-state index contributed by atoms with van der Waals surface area (Å²) in [6.07, 6.45) is 5.43. The lowest BCUT2D eigenvalue weighted by molar-refractivity contribution is -0.140. The first-order valence-electron chi connectivity index (χ1n) is 8.11. The summed E-state index contributed by atoms with van der Waals surface area (Å²) in [6, 6.07) is 0.263. The Bertz CT molecular complexity index is 335. The summed E-state index contributed by atoms with van der Waals surface area (Å²) in [4.78, 5) is 12.4. The number of rotatable bonds is 5. The van der Waals surface area contributed by atoms with Crippen LogP contribution in [0.1, 0.15) is 52.9 Å². The molecule has 3 N–H and O–H groups in total. The second-order valence-electron chi connectivity index (χ2n) is 7.02. The van der Waals surface area contributed by atoms with Crippen molar-refractivity contribution in [3.8, 4) is 0 Å². The van der Waals surface area contributed by atoms with Crippen LogP contribution in [0.4, 0.5) is 0 Å². The molecule has 2 unspecified atom stereocenters. The molecule has 0 saturated heterocycles. The van der Waals surface area contributed by atoms with Crippen molar-refractivity contribution in [3.05, 3.63) is 0 Å². The minimum Gasteiger partial charge on any atom is -0.378 e. The lowest BCUT2D eigenvalue weighted by Crippen LogP contribution is -2.62. The van der Waals surface area contributed by atoms with Crippen LogP contribution in [0.2, 0.25) is 0 Å². The topological polar surface area (TPSA) is 64.3 Å². The van der Waals surface area contributed by atoms with Crippen LogP contribution in [0.3, 0.4) is 0 Å².